The number of anilines is 1. The molecular formula is C15H22N2OS. The van der Waals surface area contributed by atoms with Gasteiger partial charge in [-0.2, -0.15) is 5.26 Å². The van der Waals surface area contributed by atoms with Gasteiger partial charge in [-0.05, 0) is 31.2 Å². The summed E-state index contributed by atoms with van der Waals surface area (Å²) in [4.78, 5) is 3.16. The van der Waals surface area contributed by atoms with Crippen LogP contribution in [0.1, 0.15) is 32.3 Å². The summed E-state index contributed by atoms with van der Waals surface area (Å²) >= 11 is 1.58. The first-order valence-electron chi connectivity index (χ1n) is 6.67. The van der Waals surface area contributed by atoms with E-state index in [9.17, 15) is 10.4 Å². The maximum atomic E-state index is 9.42. The Morgan fingerprint density at radius 3 is 2.53 bits per heavy atom. The number of benzene rings is 1. The Bertz CT molecular complexity index is 438. The number of hydrogen-bond acceptors (Lipinski definition) is 4. The first-order valence-corrected chi connectivity index (χ1v) is 7.90. The number of rotatable bonds is 7. The summed E-state index contributed by atoms with van der Waals surface area (Å²) < 4.78 is 0. The summed E-state index contributed by atoms with van der Waals surface area (Å²) in [7, 11) is 0. The lowest BCUT2D eigenvalue weighted by atomic mass is 10.1. The van der Waals surface area contributed by atoms with Crippen molar-refractivity contribution in [3.05, 3.63) is 23.8 Å². The van der Waals surface area contributed by atoms with Gasteiger partial charge < -0.3 is 10.0 Å². The van der Waals surface area contributed by atoms with E-state index < -0.39 is 0 Å². The molecule has 0 aliphatic carbocycles. The minimum Gasteiger partial charge on any atom is -0.395 e. The number of nitrogens with zero attached hydrogens (tertiary/aromatic N) is 2. The third kappa shape index (κ3) is 3.65. The zero-order chi connectivity index (χ0) is 14.3. The molecule has 1 aromatic rings. The van der Waals surface area contributed by atoms with Gasteiger partial charge in [0, 0.05) is 17.5 Å². The fourth-order valence-electron chi connectivity index (χ4n) is 2.38. The molecule has 0 aromatic heterocycles. The predicted molar refractivity (Wildman–Crippen MR) is 81.7 cm³/mol. The molecule has 0 radical (unpaired) electrons. The second kappa shape index (κ2) is 8.08. The molecule has 0 atom stereocenters. The maximum absolute atomic E-state index is 9.42. The van der Waals surface area contributed by atoms with Crippen LogP contribution in [0.5, 0.6) is 0 Å². The van der Waals surface area contributed by atoms with Gasteiger partial charge in [0.25, 0.3) is 0 Å². The van der Waals surface area contributed by atoms with E-state index in [4.69, 9.17) is 0 Å². The molecule has 1 rings (SSSR count). The second-order valence-corrected chi connectivity index (χ2v) is 5.20. The molecular weight excluding hydrogens is 256 g/mol. The quantitative estimate of drug-likeness (QED) is 0.778. The molecule has 4 heteroatoms. The number of aliphatic hydroxyl groups excluding tert-OH is 1. The fraction of sp³-hybridized carbons (Fsp3) is 0.533. The Kier molecular flexibility index (Phi) is 6.75. The normalized spacial score (nSPS) is 10.5. The van der Waals surface area contributed by atoms with E-state index in [2.05, 4.69) is 24.8 Å². The molecule has 0 bridgehead atoms. The molecule has 1 aromatic carbocycles. The van der Waals surface area contributed by atoms with Gasteiger partial charge in [-0.1, -0.05) is 19.9 Å². The molecule has 1 N–H and O–H groups in total. The summed E-state index contributed by atoms with van der Waals surface area (Å²) in [6.07, 6.45) is 3.99. The van der Waals surface area contributed by atoms with Crippen molar-refractivity contribution in [2.45, 2.75) is 37.6 Å². The van der Waals surface area contributed by atoms with E-state index in [0.717, 1.165) is 29.0 Å². The van der Waals surface area contributed by atoms with E-state index in [1.807, 2.05) is 24.5 Å². The van der Waals surface area contributed by atoms with E-state index in [1.54, 1.807) is 11.8 Å². The van der Waals surface area contributed by atoms with Gasteiger partial charge in [-0.15, -0.1) is 11.8 Å². The average molecular weight is 278 g/mol. The Balaban J connectivity index is 3.26. The molecule has 0 fully saturated rings. The second-order valence-electron chi connectivity index (χ2n) is 4.35. The lowest BCUT2D eigenvalue weighted by molar-refractivity contribution is 0.296. The van der Waals surface area contributed by atoms with Gasteiger partial charge in [-0.3, -0.25) is 0 Å². The topological polar surface area (TPSA) is 47.3 Å². The van der Waals surface area contributed by atoms with E-state index in [0.29, 0.717) is 12.6 Å². The third-order valence-corrected chi connectivity index (χ3v) is 4.15. The number of nitriles is 1. The standard InChI is InChI=1S/C15H22N2OS/c1-4-12(5-2)17(9-10-18)14-7-6-8-15(19-3)13(14)11-16/h6-8,12,18H,4-5,9-10H2,1-3H3. The minimum atomic E-state index is 0.102. The van der Waals surface area contributed by atoms with Crippen molar-refractivity contribution < 1.29 is 5.11 Å². The van der Waals surface area contributed by atoms with Crippen molar-refractivity contribution in [2.75, 3.05) is 24.3 Å². The van der Waals surface area contributed by atoms with Crippen molar-refractivity contribution in [2.24, 2.45) is 0 Å². The van der Waals surface area contributed by atoms with Crippen molar-refractivity contribution in [3.8, 4) is 6.07 Å². The number of thioether (sulfide) groups is 1. The number of hydrogen-bond donors (Lipinski definition) is 1. The van der Waals surface area contributed by atoms with Gasteiger partial charge in [0.1, 0.15) is 6.07 Å². The molecule has 0 amide bonds. The molecule has 0 aliphatic rings. The zero-order valence-corrected chi connectivity index (χ0v) is 12.7. The fourth-order valence-corrected chi connectivity index (χ4v) is 2.95. The van der Waals surface area contributed by atoms with Crippen LogP contribution in [0.25, 0.3) is 0 Å². The van der Waals surface area contributed by atoms with Crippen LogP contribution in [0.2, 0.25) is 0 Å². The van der Waals surface area contributed by atoms with Crippen LogP contribution in [-0.4, -0.2) is 30.6 Å². The summed E-state index contributed by atoms with van der Waals surface area (Å²) in [5, 5.41) is 18.7. The molecule has 3 nitrogen and oxygen atoms in total. The van der Waals surface area contributed by atoms with Crippen molar-refractivity contribution in [3.63, 3.8) is 0 Å². The summed E-state index contributed by atoms with van der Waals surface area (Å²) in [6, 6.07) is 8.60. The Morgan fingerprint density at radius 2 is 2.05 bits per heavy atom. The highest BCUT2D eigenvalue weighted by Crippen LogP contribution is 2.31. The average Bonchev–Trinajstić information content (AvgIpc) is 2.46. The Hall–Kier alpha value is -1.18. The van der Waals surface area contributed by atoms with Crippen LogP contribution in [0.15, 0.2) is 23.1 Å². The summed E-state index contributed by atoms with van der Waals surface area (Å²) in [6.45, 7) is 4.95. The maximum Gasteiger partial charge on any atom is 0.103 e. The third-order valence-electron chi connectivity index (χ3n) is 3.37. The molecule has 0 unspecified atom stereocenters. The lowest BCUT2D eigenvalue weighted by Gasteiger charge is -2.33. The number of aliphatic hydroxyl groups is 1. The Morgan fingerprint density at radius 1 is 1.37 bits per heavy atom. The van der Waals surface area contributed by atoms with Crippen LogP contribution < -0.4 is 4.90 Å². The van der Waals surface area contributed by atoms with E-state index >= 15 is 0 Å². The van der Waals surface area contributed by atoms with E-state index in [-0.39, 0.29) is 6.61 Å². The first-order chi connectivity index (χ1) is 9.23. The molecule has 104 valence electrons. The minimum absolute atomic E-state index is 0.102. The SMILES string of the molecule is CCC(CC)N(CCO)c1cccc(SC)c1C#N. The highest BCUT2D eigenvalue weighted by atomic mass is 32.2. The molecule has 0 heterocycles. The molecule has 0 saturated carbocycles. The van der Waals surface area contributed by atoms with E-state index in [1.165, 1.54) is 0 Å². The smallest absolute Gasteiger partial charge is 0.103 e. The predicted octanol–water partition coefficient (Wildman–Crippen LogP) is 3.27. The summed E-state index contributed by atoms with van der Waals surface area (Å²) in [5.74, 6) is 0. The van der Waals surface area contributed by atoms with Crippen molar-refractivity contribution in [1.29, 1.82) is 5.26 Å². The molecule has 0 saturated heterocycles. The van der Waals surface area contributed by atoms with Crippen LogP contribution >= 0.6 is 11.8 Å². The van der Waals surface area contributed by atoms with Crippen LogP contribution in [0.3, 0.4) is 0 Å². The Labute approximate surface area is 120 Å². The van der Waals surface area contributed by atoms with Crippen LogP contribution in [-0.2, 0) is 0 Å². The van der Waals surface area contributed by atoms with Gasteiger partial charge >= 0.3 is 0 Å². The lowest BCUT2D eigenvalue weighted by Crippen LogP contribution is -2.37. The largest absolute Gasteiger partial charge is 0.395 e. The highest BCUT2D eigenvalue weighted by Gasteiger charge is 2.19. The molecule has 0 spiro atoms. The molecule has 19 heavy (non-hydrogen) atoms. The van der Waals surface area contributed by atoms with Crippen molar-refractivity contribution in [1.82, 2.24) is 0 Å². The van der Waals surface area contributed by atoms with Gasteiger partial charge in [0.2, 0.25) is 0 Å². The van der Waals surface area contributed by atoms with Crippen molar-refractivity contribution >= 4 is 17.4 Å². The first kappa shape index (κ1) is 15.9. The van der Waals surface area contributed by atoms with Gasteiger partial charge in [0.05, 0.1) is 17.9 Å². The highest BCUT2D eigenvalue weighted by molar-refractivity contribution is 7.98. The van der Waals surface area contributed by atoms with Gasteiger partial charge in [-0.25, -0.2) is 0 Å². The van der Waals surface area contributed by atoms with Crippen LogP contribution in [0, 0.1) is 11.3 Å². The molecule has 0 aliphatic heterocycles. The zero-order valence-electron chi connectivity index (χ0n) is 11.9. The summed E-state index contributed by atoms with van der Waals surface area (Å²) in [5.41, 5.74) is 1.66. The van der Waals surface area contributed by atoms with Crippen LogP contribution in [0.4, 0.5) is 5.69 Å². The van der Waals surface area contributed by atoms with Gasteiger partial charge in [0.15, 0.2) is 0 Å². The monoisotopic (exact) mass is 278 g/mol.